The van der Waals surface area contributed by atoms with Crippen LogP contribution in [0.2, 0.25) is 0 Å². The number of sulfone groups is 1. The van der Waals surface area contributed by atoms with Crippen LogP contribution in [0.25, 0.3) is 0 Å². The number of carbonyl (C=O) groups excluding carboxylic acids is 1. The molecule has 1 aliphatic rings. The van der Waals surface area contributed by atoms with Gasteiger partial charge in [0.15, 0.2) is 15.4 Å². The Labute approximate surface area is 156 Å². The average molecular weight is 389 g/mol. The van der Waals surface area contributed by atoms with Crippen LogP contribution in [0.4, 0.5) is 0 Å². The van der Waals surface area contributed by atoms with Crippen molar-refractivity contribution < 1.29 is 27.9 Å². The molecule has 1 atom stereocenters. The lowest BCUT2D eigenvalue weighted by Crippen LogP contribution is -2.55. The number of amides is 1. The first-order valence-corrected chi connectivity index (χ1v) is 9.98. The van der Waals surface area contributed by atoms with E-state index in [0.29, 0.717) is 5.56 Å². The molecule has 0 spiro atoms. The van der Waals surface area contributed by atoms with Crippen LogP contribution >= 0.6 is 0 Å². The van der Waals surface area contributed by atoms with Crippen molar-refractivity contribution in [2.45, 2.75) is 22.6 Å². The zero-order valence-corrected chi connectivity index (χ0v) is 15.2. The smallest absolute Gasteiger partial charge is 0.331 e. The number of hydrogen-bond donors (Lipinski definition) is 2. The van der Waals surface area contributed by atoms with Crippen molar-refractivity contribution in [2.75, 3.05) is 13.2 Å². The Morgan fingerprint density at radius 3 is 2.48 bits per heavy atom. The molecule has 1 fully saturated rings. The Kier molecular flexibility index (Phi) is 5.29. The molecule has 27 heavy (non-hydrogen) atoms. The zero-order valence-electron chi connectivity index (χ0n) is 14.4. The molecule has 8 heteroatoms. The lowest BCUT2D eigenvalue weighted by atomic mass is 9.98. The maximum Gasteiger partial charge on any atom is 0.331 e. The number of aliphatic carboxylic acids is 1. The van der Waals surface area contributed by atoms with Crippen LogP contribution in [0.15, 0.2) is 59.5 Å². The molecule has 0 saturated carbocycles. The summed E-state index contributed by atoms with van der Waals surface area (Å²) in [4.78, 5) is 24.2. The average Bonchev–Trinajstić information content (AvgIpc) is 3.12. The summed E-state index contributed by atoms with van der Waals surface area (Å²) in [5.74, 6) is -2.00. The van der Waals surface area contributed by atoms with Gasteiger partial charge in [-0.3, -0.25) is 4.79 Å². The lowest BCUT2D eigenvalue weighted by Gasteiger charge is -2.23. The van der Waals surface area contributed by atoms with E-state index >= 15 is 0 Å². The number of rotatable bonds is 6. The van der Waals surface area contributed by atoms with Gasteiger partial charge in [-0.15, -0.1) is 0 Å². The van der Waals surface area contributed by atoms with Gasteiger partial charge in [0.05, 0.1) is 17.3 Å². The van der Waals surface area contributed by atoms with Crippen LogP contribution in [0.3, 0.4) is 0 Å². The molecule has 1 unspecified atom stereocenters. The third-order valence-corrected chi connectivity index (χ3v) is 6.14. The van der Waals surface area contributed by atoms with Gasteiger partial charge in [-0.05, 0) is 29.8 Å². The number of hydrogen-bond acceptors (Lipinski definition) is 5. The van der Waals surface area contributed by atoms with Crippen LogP contribution in [0.5, 0.6) is 0 Å². The molecule has 3 rings (SSSR count). The molecule has 7 nitrogen and oxygen atoms in total. The minimum absolute atomic E-state index is 0.101. The van der Waals surface area contributed by atoms with Crippen LogP contribution in [-0.2, 0) is 25.1 Å². The van der Waals surface area contributed by atoms with Gasteiger partial charge in [-0.2, -0.15) is 0 Å². The van der Waals surface area contributed by atoms with E-state index in [-0.39, 0.29) is 35.8 Å². The normalized spacial score (nSPS) is 19.6. The second-order valence-electron chi connectivity index (χ2n) is 6.42. The monoisotopic (exact) mass is 389 g/mol. The highest BCUT2D eigenvalue weighted by Crippen LogP contribution is 2.21. The molecule has 2 N–H and O–H groups in total. The minimum Gasteiger partial charge on any atom is -0.479 e. The Balaban J connectivity index is 1.79. The molecule has 1 saturated heterocycles. The summed E-state index contributed by atoms with van der Waals surface area (Å²) in [7, 11) is -3.55. The van der Waals surface area contributed by atoms with Crippen molar-refractivity contribution in [3.8, 4) is 0 Å². The molecular weight excluding hydrogens is 370 g/mol. The summed E-state index contributed by atoms with van der Waals surface area (Å²) in [6.45, 7) is 0.151. The van der Waals surface area contributed by atoms with Crippen LogP contribution in [-0.4, -0.2) is 44.2 Å². The van der Waals surface area contributed by atoms with Gasteiger partial charge in [0.25, 0.3) is 5.91 Å². The van der Waals surface area contributed by atoms with E-state index in [9.17, 15) is 23.1 Å². The van der Waals surface area contributed by atoms with E-state index in [4.69, 9.17) is 4.74 Å². The van der Waals surface area contributed by atoms with Crippen LogP contribution in [0.1, 0.15) is 22.3 Å². The fourth-order valence-electron chi connectivity index (χ4n) is 2.91. The van der Waals surface area contributed by atoms with Crippen molar-refractivity contribution in [1.29, 1.82) is 0 Å². The number of ether oxygens (including phenoxy) is 1. The highest BCUT2D eigenvalue weighted by molar-refractivity contribution is 7.90. The molecule has 0 radical (unpaired) electrons. The summed E-state index contributed by atoms with van der Waals surface area (Å²) < 4.78 is 30.1. The van der Waals surface area contributed by atoms with Crippen molar-refractivity contribution in [1.82, 2.24) is 5.32 Å². The zero-order chi connectivity index (χ0) is 19.5. The first-order valence-electron chi connectivity index (χ1n) is 8.33. The highest BCUT2D eigenvalue weighted by atomic mass is 32.2. The SMILES string of the molecule is O=C(NC1(C(=O)O)CCOC1)c1cccc(CS(=O)(=O)c2ccccc2)c1. The predicted molar refractivity (Wildman–Crippen MR) is 97.0 cm³/mol. The third-order valence-electron chi connectivity index (χ3n) is 4.43. The fourth-order valence-corrected chi connectivity index (χ4v) is 4.26. The summed E-state index contributed by atoms with van der Waals surface area (Å²) >= 11 is 0. The van der Waals surface area contributed by atoms with Gasteiger partial charge in [-0.1, -0.05) is 30.3 Å². The summed E-state index contributed by atoms with van der Waals surface area (Å²) in [5, 5.41) is 11.9. The first kappa shape index (κ1) is 19.1. The number of benzene rings is 2. The molecule has 2 aromatic rings. The van der Waals surface area contributed by atoms with Crippen molar-refractivity contribution in [2.24, 2.45) is 0 Å². The van der Waals surface area contributed by atoms with E-state index in [1.807, 2.05) is 0 Å². The van der Waals surface area contributed by atoms with Crippen molar-refractivity contribution >= 4 is 21.7 Å². The third kappa shape index (κ3) is 4.17. The van der Waals surface area contributed by atoms with Crippen molar-refractivity contribution in [3.05, 3.63) is 65.7 Å². The molecule has 1 amide bonds. The van der Waals surface area contributed by atoms with Gasteiger partial charge in [0, 0.05) is 18.6 Å². The lowest BCUT2D eigenvalue weighted by molar-refractivity contribution is -0.144. The van der Waals surface area contributed by atoms with Gasteiger partial charge in [0.1, 0.15) is 0 Å². The number of nitrogens with one attached hydrogen (secondary N) is 1. The van der Waals surface area contributed by atoms with E-state index < -0.39 is 27.3 Å². The van der Waals surface area contributed by atoms with Crippen LogP contribution in [0, 0.1) is 0 Å². The Bertz CT molecular complexity index is 949. The molecule has 142 valence electrons. The number of carboxylic acid groups (broad SMARTS) is 1. The predicted octanol–water partition coefficient (Wildman–Crippen LogP) is 1.63. The fraction of sp³-hybridized carbons (Fsp3) is 0.263. The van der Waals surface area contributed by atoms with Gasteiger partial charge < -0.3 is 15.2 Å². The topological polar surface area (TPSA) is 110 Å². The van der Waals surface area contributed by atoms with E-state index in [2.05, 4.69) is 5.32 Å². The second kappa shape index (κ2) is 7.50. The summed E-state index contributed by atoms with van der Waals surface area (Å²) in [6, 6.07) is 14.2. The molecule has 0 aliphatic carbocycles. The minimum atomic E-state index is -3.55. The first-order chi connectivity index (χ1) is 12.8. The maximum absolute atomic E-state index is 12.5. The van der Waals surface area contributed by atoms with Gasteiger partial charge >= 0.3 is 5.97 Å². The second-order valence-corrected chi connectivity index (χ2v) is 8.41. The number of carbonyl (C=O) groups is 2. The largest absolute Gasteiger partial charge is 0.479 e. The molecule has 0 bridgehead atoms. The quantitative estimate of drug-likeness (QED) is 0.777. The molecule has 1 aliphatic heterocycles. The summed E-state index contributed by atoms with van der Waals surface area (Å²) in [6.07, 6.45) is 0.177. The van der Waals surface area contributed by atoms with E-state index in [0.717, 1.165) is 0 Å². The van der Waals surface area contributed by atoms with Crippen LogP contribution < -0.4 is 5.32 Å². The molecular formula is C19H19NO6S. The molecule has 0 aromatic heterocycles. The van der Waals surface area contributed by atoms with Gasteiger partial charge in [0.2, 0.25) is 0 Å². The van der Waals surface area contributed by atoms with Gasteiger partial charge in [-0.25, -0.2) is 13.2 Å². The molecule has 2 aromatic carbocycles. The maximum atomic E-state index is 12.5. The van der Waals surface area contributed by atoms with Crippen molar-refractivity contribution in [3.63, 3.8) is 0 Å². The number of carboxylic acids is 1. The van der Waals surface area contributed by atoms with E-state index in [1.54, 1.807) is 30.3 Å². The molecule has 1 heterocycles. The Morgan fingerprint density at radius 1 is 1.11 bits per heavy atom. The highest BCUT2D eigenvalue weighted by Gasteiger charge is 2.44. The Morgan fingerprint density at radius 2 is 1.85 bits per heavy atom. The Hall–Kier alpha value is -2.71. The standard InChI is InChI=1S/C19H19NO6S/c21-17(20-19(18(22)23)9-10-26-13-19)15-6-4-5-14(11-15)12-27(24,25)16-7-2-1-3-8-16/h1-8,11H,9-10,12-13H2,(H,20,21)(H,22,23). The summed E-state index contributed by atoms with van der Waals surface area (Å²) in [5.41, 5.74) is -0.815. The van der Waals surface area contributed by atoms with E-state index in [1.165, 1.54) is 24.3 Å².